The fourth-order valence-electron chi connectivity index (χ4n) is 0.768. The highest BCUT2D eigenvalue weighted by Crippen LogP contribution is 2.34. The van der Waals surface area contributed by atoms with Crippen LogP contribution in [0.2, 0.25) is 0 Å². The Morgan fingerprint density at radius 1 is 1.60 bits per heavy atom. The van der Waals surface area contributed by atoms with Crippen molar-refractivity contribution in [2.24, 2.45) is 5.73 Å². The van der Waals surface area contributed by atoms with Crippen molar-refractivity contribution >= 4 is 7.60 Å². The maximum absolute atomic E-state index is 10.3. The van der Waals surface area contributed by atoms with Crippen LogP contribution >= 0.6 is 7.60 Å². The molecule has 0 aromatic rings. The van der Waals surface area contributed by atoms with Gasteiger partial charge in [-0.15, -0.1) is 0 Å². The van der Waals surface area contributed by atoms with Crippen molar-refractivity contribution in [1.29, 1.82) is 0 Å². The highest BCUT2D eigenvalue weighted by Gasteiger charge is 2.17. The lowest BCUT2D eigenvalue weighted by Crippen LogP contribution is -2.23. The number of nitrogens with two attached hydrogens (primary N) is 1. The van der Waals surface area contributed by atoms with E-state index < -0.39 is 7.60 Å². The molecule has 4 N–H and O–H groups in total. The summed E-state index contributed by atoms with van der Waals surface area (Å²) >= 11 is 0. The second kappa shape index (κ2) is 4.09. The summed E-state index contributed by atoms with van der Waals surface area (Å²) in [7, 11) is -3.88. The average molecular weight is 167 g/mol. The summed E-state index contributed by atoms with van der Waals surface area (Å²) in [5.74, 6) is 0. The van der Waals surface area contributed by atoms with E-state index in [-0.39, 0.29) is 12.2 Å². The van der Waals surface area contributed by atoms with Crippen LogP contribution in [0.25, 0.3) is 0 Å². The van der Waals surface area contributed by atoms with Gasteiger partial charge in [0.25, 0.3) is 0 Å². The lowest BCUT2D eigenvalue weighted by molar-refractivity contribution is 0.367. The normalized spacial score (nSPS) is 15.2. The Hall–Kier alpha value is 0.110. The molecule has 10 heavy (non-hydrogen) atoms. The minimum Gasteiger partial charge on any atom is -0.327 e. The monoisotopic (exact) mass is 167 g/mol. The van der Waals surface area contributed by atoms with Gasteiger partial charge in [-0.05, 0) is 6.42 Å². The standard InChI is InChI=1S/C5H14NO3P/c1-2-3-5(6)4-10(7,8)9/h5H,2-4,6H2,1H3,(H2,7,8,9). The Morgan fingerprint density at radius 2 is 2.10 bits per heavy atom. The molecule has 1 atom stereocenters. The van der Waals surface area contributed by atoms with Gasteiger partial charge in [-0.2, -0.15) is 0 Å². The predicted molar refractivity (Wildman–Crippen MR) is 39.8 cm³/mol. The average Bonchev–Trinajstić information content (AvgIpc) is 1.59. The smallest absolute Gasteiger partial charge is 0.327 e. The van der Waals surface area contributed by atoms with E-state index in [2.05, 4.69) is 0 Å². The van der Waals surface area contributed by atoms with Crippen LogP contribution < -0.4 is 5.73 Å². The molecule has 0 fully saturated rings. The molecule has 4 nitrogen and oxygen atoms in total. The van der Waals surface area contributed by atoms with Crippen molar-refractivity contribution in [2.75, 3.05) is 6.16 Å². The minimum atomic E-state index is -3.88. The number of hydrogen-bond donors (Lipinski definition) is 3. The number of rotatable bonds is 4. The molecule has 0 radical (unpaired) electrons. The quantitative estimate of drug-likeness (QED) is 0.525. The van der Waals surface area contributed by atoms with Gasteiger partial charge in [-0.25, -0.2) is 0 Å². The van der Waals surface area contributed by atoms with Gasteiger partial charge in [0, 0.05) is 6.04 Å². The summed E-state index contributed by atoms with van der Waals surface area (Å²) in [6.07, 6.45) is 1.34. The molecule has 0 heterocycles. The zero-order valence-electron chi connectivity index (χ0n) is 6.03. The Bertz CT molecular complexity index is 133. The molecule has 0 saturated carbocycles. The molecule has 0 amide bonds. The molecule has 5 heteroatoms. The topological polar surface area (TPSA) is 83.6 Å². The highest BCUT2D eigenvalue weighted by molar-refractivity contribution is 7.51. The fourth-order valence-corrected chi connectivity index (χ4v) is 1.56. The van der Waals surface area contributed by atoms with Gasteiger partial charge >= 0.3 is 7.60 Å². The Labute approximate surface area is 60.6 Å². The lowest BCUT2D eigenvalue weighted by Gasteiger charge is -2.10. The molecule has 0 aromatic carbocycles. The Kier molecular flexibility index (Phi) is 4.13. The Balaban J connectivity index is 3.58. The van der Waals surface area contributed by atoms with Gasteiger partial charge in [-0.1, -0.05) is 13.3 Å². The second-order valence-electron chi connectivity index (χ2n) is 2.40. The number of hydrogen-bond acceptors (Lipinski definition) is 2. The molecule has 0 bridgehead atoms. The SMILES string of the molecule is CCCC(N)CP(=O)(O)O. The van der Waals surface area contributed by atoms with Crippen molar-refractivity contribution in [3.63, 3.8) is 0 Å². The first kappa shape index (κ1) is 10.1. The van der Waals surface area contributed by atoms with Crippen LogP contribution in [0.3, 0.4) is 0 Å². The summed E-state index contributed by atoms with van der Waals surface area (Å²) in [6.45, 7) is 1.93. The fraction of sp³-hybridized carbons (Fsp3) is 1.00. The van der Waals surface area contributed by atoms with Gasteiger partial charge in [0.2, 0.25) is 0 Å². The molecule has 1 unspecified atom stereocenters. The highest BCUT2D eigenvalue weighted by atomic mass is 31.2. The van der Waals surface area contributed by atoms with E-state index >= 15 is 0 Å². The van der Waals surface area contributed by atoms with Gasteiger partial charge in [0.05, 0.1) is 6.16 Å². The molecule has 0 rings (SSSR count). The van der Waals surface area contributed by atoms with Crippen LogP contribution in [0.15, 0.2) is 0 Å². The molecule has 62 valence electrons. The van der Waals surface area contributed by atoms with Crippen molar-refractivity contribution < 1.29 is 14.4 Å². The maximum Gasteiger partial charge on any atom is 0.327 e. The molecule has 0 spiro atoms. The van der Waals surface area contributed by atoms with E-state index in [1.54, 1.807) is 0 Å². The van der Waals surface area contributed by atoms with E-state index in [0.29, 0.717) is 6.42 Å². The third-order valence-electron chi connectivity index (χ3n) is 1.13. The zero-order valence-corrected chi connectivity index (χ0v) is 6.92. The van der Waals surface area contributed by atoms with Gasteiger partial charge in [-0.3, -0.25) is 4.57 Å². The van der Waals surface area contributed by atoms with Crippen LogP contribution in [0.5, 0.6) is 0 Å². The lowest BCUT2D eigenvalue weighted by atomic mass is 10.2. The van der Waals surface area contributed by atoms with E-state index in [1.165, 1.54) is 0 Å². The summed E-state index contributed by atoms with van der Waals surface area (Å²) in [4.78, 5) is 16.9. The minimum absolute atomic E-state index is 0.194. The van der Waals surface area contributed by atoms with Crippen LogP contribution in [-0.2, 0) is 4.57 Å². The van der Waals surface area contributed by atoms with Crippen molar-refractivity contribution in [3.8, 4) is 0 Å². The molecular weight excluding hydrogens is 153 g/mol. The molecule has 0 saturated heterocycles. The van der Waals surface area contributed by atoms with E-state index in [0.717, 1.165) is 6.42 Å². The summed E-state index contributed by atoms with van der Waals surface area (Å²) in [5, 5.41) is 0. The first-order valence-electron chi connectivity index (χ1n) is 3.26. The zero-order chi connectivity index (χ0) is 8.20. The molecule has 0 aromatic heterocycles. The first-order valence-corrected chi connectivity index (χ1v) is 5.05. The van der Waals surface area contributed by atoms with Crippen molar-refractivity contribution in [1.82, 2.24) is 0 Å². The molecular formula is C5H14NO3P. The second-order valence-corrected chi connectivity index (χ2v) is 4.09. The Morgan fingerprint density at radius 3 is 2.40 bits per heavy atom. The van der Waals surface area contributed by atoms with Gasteiger partial charge in [0.15, 0.2) is 0 Å². The summed E-state index contributed by atoms with van der Waals surface area (Å²) < 4.78 is 10.3. The molecule has 0 aliphatic heterocycles. The van der Waals surface area contributed by atoms with Crippen LogP contribution in [0.4, 0.5) is 0 Å². The maximum atomic E-state index is 10.3. The molecule has 0 aliphatic rings. The third-order valence-corrected chi connectivity index (χ3v) is 2.08. The van der Waals surface area contributed by atoms with Gasteiger partial charge in [0.1, 0.15) is 0 Å². The summed E-state index contributed by atoms with van der Waals surface area (Å²) in [5.41, 5.74) is 5.38. The largest absolute Gasteiger partial charge is 0.327 e. The van der Waals surface area contributed by atoms with Crippen LogP contribution in [0.1, 0.15) is 19.8 Å². The van der Waals surface area contributed by atoms with Crippen LogP contribution in [-0.4, -0.2) is 22.0 Å². The summed E-state index contributed by atoms with van der Waals surface area (Å²) in [6, 6.07) is -0.356. The van der Waals surface area contributed by atoms with Crippen molar-refractivity contribution in [2.45, 2.75) is 25.8 Å². The van der Waals surface area contributed by atoms with E-state index in [4.69, 9.17) is 15.5 Å². The first-order chi connectivity index (χ1) is 4.45. The van der Waals surface area contributed by atoms with E-state index in [1.807, 2.05) is 6.92 Å². The predicted octanol–water partition coefficient (Wildman–Crippen LogP) is 0.292. The third kappa shape index (κ3) is 6.23. The van der Waals surface area contributed by atoms with Crippen molar-refractivity contribution in [3.05, 3.63) is 0 Å². The molecule has 0 aliphatic carbocycles. The van der Waals surface area contributed by atoms with Gasteiger partial charge < -0.3 is 15.5 Å². The van der Waals surface area contributed by atoms with E-state index in [9.17, 15) is 4.57 Å². The van der Waals surface area contributed by atoms with Crippen LogP contribution in [0, 0.1) is 0 Å².